The van der Waals surface area contributed by atoms with Crippen LogP contribution in [0, 0.1) is 0 Å². The molecule has 101 valence electrons. The van der Waals surface area contributed by atoms with Gasteiger partial charge in [-0.3, -0.25) is 9.13 Å². The Morgan fingerprint density at radius 1 is 1.17 bits per heavy atom. The van der Waals surface area contributed by atoms with Crippen molar-refractivity contribution in [3.05, 3.63) is 12.4 Å². The highest BCUT2D eigenvalue weighted by Crippen LogP contribution is 2.36. The first-order valence-electron chi connectivity index (χ1n) is 7.08. The molecule has 0 fully saturated rings. The predicted octanol–water partition coefficient (Wildman–Crippen LogP) is 2.78. The first-order chi connectivity index (χ1) is 7.94. The smallest absolute Gasteiger partial charge is 0.126 e. The Morgan fingerprint density at radius 3 is 2.17 bits per heavy atom. The van der Waals surface area contributed by atoms with Crippen LogP contribution in [0.4, 0.5) is 0 Å². The summed E-state index contributed by atoms with van der Waals surface area (Å²) in [6.45, 7) is 19.3. The van der Waals surface area contributed by atoms with E-state index in [-0.39, 0.29) is 11.1 Å². The Hall–Kier alpha value is -0.725. The Kier molecular flexibility index (Phi) is 2.77. The van der Waals surface area contributed by atoms with Gasteiger partial charge in [0, 0.05) is 12.4 Å². The van der Waals surface area contributed by atoms with E-state index in [9.17, 15) is 0 Å². The molecule has 0 saturated heterocycles. The maximum absolute atomic E-state index is 2.49. The van der Waals surface area contributed by atoms with Crippen LogP contribution in [0.1, 0.15) is 55.4 Å². The summed E-state index contributed by atoms with van der Waals surface area (Å²) in [5.74, 6) is 0. The number of aromatic nitrogens is 2. The van der Waals surface area contributed by atoms with Gasteiger partial charge in [-0.1, -0.05) is 20.8 Å². The molecule has 0 bridgehead atoms. The van der Waals surface area contributed by atoms with E-state index in [1.165, 1.54) is 12.0 Å². The maximum atomic E-state index is 2.49. The van der Waals surface area contributed by atoms with Crippen molar-refractivity contribution >= 4 is 12.4 Å². The summed E-state index contributed by atoms with van der Waals surface area (Å²) in [7, 11) is 0. The van der Waals surface area contributed by atoms with Crippen molar-refractivity contribution in [2.75, 3.05) is 0 Å². The van der Waals surface area contributed by atoms with Crippen LogP contribution in [0.5, 0.6) is 0 Å². The maximum Gasteiger partial charge on any atom is 0.126 e. The molecule has 3 heteroatoms. The third-order valence-electron chi connectivity index (χ3n) is 4.29. The SMILES string of the molecule is CC(C)(C)[B-]1CC(C)(C)[n+]2ccn(C(C)(C)C)c21. The summed E-state index contributed by atoms with van der Waals surface area (Å²) in [5, 5.41) is 0.316. The van der Waals surface area contributed by atoms with Gasteiger partial charge in [-0.05, 0) is 34.6 Å². The van der Waals surface area contributed by atoms with Crippen LogP contribution in [0.3, 0.4) is 0 Å². The van der Waals surface area contributed by atoms with Gasteiger partial charge < -0.3 is 0 Å². The monoisotopic (exact) mass is 247 g/mol. The molecular weight excluding hydrogens is 219 g/mol. The fraction of sp³-hybridized carbons (Fsp3) is 0.800. The molecule has 0 spiro atoms. The highest BCUT2D eigenvalue weighted by atomic mass is 15.2. The molecule has 1 aromatic heterocycles. The van der Waals surface area contributed by atoms with E-state index in [0.717, 1.165) is 0 Å². The van der Waals surface area contributed by atoms with Crippen LogP contribution in [0.2, 0.25) is 11.6 Å². The molecule has 2 heterocycles. The van der Waals surface area contributed by atoms with Crippen LogP contribution in [-0.4, -0.2) is 11.3 Å². The minimum absolute atomic E-state index is 0.157. The Labute approximate surface area is 112 Å². The zero-order valence-electron chi connectivity index (χ0n) is 13.3. The second-order valence-electron chi connectivity index (χ2n) is 8.50. The average Bonchev–Trinajstić information content (AvgIpc) is 2.63. The van der Waals surface area contributed by atoms with Gasteiger partial charge in [0.15, 0.2) is 0 Å². The fourth-order valence-electron chi connectivity index (χ4n) is 3.20. The molecule has 2 nitrogen and oxygen atoms in total. The van der Waals surface area contributed by atoms with E-state index in [4.69, 9.17) is 0 Å². The lowest BCUT2D eigenvalue weighted by Crippen LogP contribution is -2.59. The Balaban J connectivity index is 2.62. The third kappa shape index (κ3) is 2.02. The molecule has 0 atom stereocenters. The van der Waals surface area contributed by atoms with E-state index in [2.05, 4.69) is 76.9 Å². The number of fused-ring (bicyclic) bond motifs is 1. The number of hydrogen-bond donors (Lipinski definition) is 0. The zero-order valence-corrected chi connectivity index (χ0v) is 13.3. The molecule has 2 rings (SSSR count). The van der Waals surface area contributed by atoms with Crippen LogP contribution in [-0.2, 0) is 11.1 Å². The average molecular weight is 247 g/mol. The number of nitrogens with zero attached hydrogens (tertiary/aromatic N) is 2. The lowest BCUT2D eigenvalue weighted by molar-refractivity contribution is -0.732. The first-order valence-corrected chi connectivity index (χ1v) is 7.08. The molecule has 18 heavy (non-hydrogen) atoms. The van der Waals surface area contributed by atoms with Crippen molar-refractivity contribution in [3.8, 4) is 0 Å². The van der Waals surface area contributed by atoms with Crippen LogP contribution in [0.25, 0.3) is 0 Å². The van der Waals surface area contributed by atoms with Crippen LogP contribution >= 0.6 is 0 Å². The molecule has 0 saturated carbocycles. The van der Waals surface area contributed by atoms with Gasteiger partial charge in [0.25, 0.3) is 0 Å². The quantitative estimate of drug-likeness (QED) is 0.492. The molecular formula is C15H28BN2. The zero-order chi connectivity index (χ0) is 13.9. The Morgan fingerprint density at radius 2 is 1.72 bits per heavy atom. The topological polar surface area (TPSA) is 8.81 Å². The van der Waals surface area contributed by atoms with Crippen molar-refractivity contribution in [3.63, 3.8) is 0 Å². The molecule has 1 radical (unpaired) electrons. The van der Waals surface area contributed by atoms with Gasteiger partial charge in [-0.2, -0.15) is 11.6 Å². The van der Waals surface area contributed by atoms with E-state index >= 15 is 0 Å². The summed E-state index contributed by atoms with van der Waals surface area (Å²) >= 11 is 0. The highest BCUT2D eigenvalue weighted by Gasteiger charge is 2.42. The molecule has 1 aliphatic rings. The van der Waals surface area contributed by atoms with Crippen molar-refractivity contribution in [2.45, 2.75) is 78.1 Å². The van der Waals surface area contributed by atoms with Crippen molar-refractivity contribution in [2.24, 2.45) is 0 Å². The third-order valence-corrected chi connectivity index (χ3v) is 4.29. The largest absolute Gasteiger partial charge is 0.273 e. The van der Waals surface area contributed by atoms with E-state index in [0.29, 0.717) is 12.0 Å². The molecule has 0 unspecified atom stereocenters. The summed E-state index contributed by atoms with van der Waals surface area (Å²) in [5.41, 5.74) is 1.90. The molecule has 1 aliphatic heterocycles. The minimum Gasteiger partial charge on any atom is -0.273 e. The Bertz CT molecular complexity index is 458. The minimum atomic E-state index is 0.157. The van der Waals surface area contributed by atoms with Gasteiger partial charge in [0.05, 0.1) is 11.1 Å². The fourth-order valence-corrected chi connectivity index (χ4v) is 3.20. The highest BCUT2D eigenvalue weighted by molar-refractivity contribution is 6.74. The van der Waals surface area contributed by atoms with Crippen molar-refractivity contribution in [1.29, 1.82) is 0 Å². The number of hydrogen-bond acceptors (Lipinski definition) is 0. The van der Waals surface area contributed by atoms with E-state index in [1.54, 1.807) is 0 Å². The summed E-state index contributed by atoms with van der Waals surface area (Å²) in [4.78, 5) is 0. The lowest BCUT2D eigenvalue weighted by Gasteiger charge is -2.36. The molecule has 0 amide bonds. The van der Waals surface area contributed by atoms with Gasteiger partial charge >= 0.3 is 0 Å². The standard InChI is InChI=1S/C15H28BN2/c1-13(2,3)16-11-15(7,8)18-10-9-17(12(16)18)14(4,5)6/h9-10H,11H2,1-8H3. The normalized spacial score (nSPS) is 20.2. The molecule has 0 N–H and O–H groups in total. The summed E-state index contributed by atoms with van der Waals surface area (Å²) < 4.78 is 4.96. The van der Waals surface area contributed by atoms with Gasteiger partial charge in [-0.15, -0.1) is 0 Å². The molecule has 0 aliphatic carbocycles. The second-order valence-corrected chi connectivity index (χ2v) is 8.50. The number of imidazole rings is 1. The van der Waals surface area contributed by atoms with E-state index in [1.807, 2.05) is 0 Å². The summed E-state index contributed by atoms with van der Waals surface area (Å²) in [6.07, 6.45) is 5.77. The molecule has 1 aromatic rings. The lowest BCUT2D eigenvalue weighted by atomic mass is 9.32. The van der Waals surface area contributed by atoms with Gasteiger partial charge in [0.1, 0.15) is 12.4 Å². The first kappa shape index (κ1) is 13.7. The van der Waals surface area contributed by atoms with E-state index < -0.39 is 0 Å². The van der Waals surface area contributed by atoms with Gasteiger partial charge in [0.2, 0.25) is 0 Å². The molecule has 0 aromatic carbocycles. The van der Waals surface area contributed by atoms with Crippen molar-refractivity contribution in [1.82, 2.24) is 4.57 Å². The second kappa shape index (κ2) is 3.65. The van der Waals surface area contributed by atoms with Gasteiger partial charge in [-0.25, -0.2) is 0 Å². The van der Waals surface area contributed by atoms with Crippen LogP contribution < -0.4 is 10.3 Å². The van der Waals surface area contributed by atoms with Crippen LogP contribution in [0.15, 0.2) is 12.4 Å². The summed E-state index contributed by atoms with van der Waals surface area (Å²) in [6, 6.07) is 0. The predicted molar refractivity (Wildman–Crippen MR) is 78.9 cm³/mol. The van der Waals surface area contributed by atoms with Crippen molar-refractivity contribution < 1.29 is 4.57 Å². The number of rotatable bonds is 0.